The van der Waals surface area contributed by atoms with Crippen LogP contribution in [-0.2, 0) is 9.53 Å². The number of aromatic hydroxyl groups is 1. The minimum Gasteiger partial charge on any atom is -0.507 e. The summed E-state index contributed by atoms with van der Waals surface area (Å²) in [5.74, 6) is -1.13. The Balaban J connectivity index is 1.88. The second-order valence-corrected chi connectivity index (χ2v) is 5.41. The van der Waals surface area contributed by atoms with Crippen molar-refractivity contribution in [3.05, 3.63) is 29.8 Å². The average molecular weight is 291 g/mol. The summed E-state index contributed by atoms with van der Waals surface area (Å²) in [6.45, 7) is 1.54. The Morgan fingerprint density at radius 3 is 2.57 bits per heavy atom. The van der Waals surface area contributed by atoms with Crippen molar-refractivity contribution in [2.75, 3.05) is 0 Å². The van der Waals surface area contributed by atoms with Crippen LogP contribution in [0.4, 0.5) is 0 Å². The Bertz CT molecular complexity index is 509. The van der Waals surface area contributed by atoms with Gasteiger partial charge in [-0.25, -0.2) is 4.79 Å². The molecule has 5 heteroatoms. The van der Waals surface area contributed by atoms with E-state index in [0.717, 1.165) is 25.7 Å². The van der Waals surface area contributed by atoms with Gasteiger partial charge in [-0.2, -0.15) is 0 Å². The number of benzene rings is 1. The van der Waals surface area contributed by atoms with E-state index in [1.807, 2.05) is 0 Å². The number of ether oxygens (including phenoxy) is 1. The summed E-state index contributed by atoms with van der Waals surface area (Å²) in [6.07, 6.45) is 4.54. The van der Waals surface area contributed by atoms with E-state index in [0.29, 0.717) is 0 Å². The second kappa shape index (κ2) is 7.11. The Morgan fingerprint density at radius 2 is 1.90 bits per heavy atom. The van der Waals surface area contributed by atoms with E-state index in [9.17, 15) is 14.7 Å². The number of carbonyl (C=O) groups is 2. The minimum atomic E-state index is -0.876. The molecule has 5 nitrogen and oxygen atoms in total. The lowest BCUT2D eigenvalue weighted by Crippen LogP contribution is -2.42. The minimum absolute atomic E-state index is 0.0646. The molecule has 1 atom stereocenters. The van der Waals surface area contributed by atoms with Gasteiger partial charge in [0.25, 0.3) is 5.91 Å². The van der Waals surface area contributed by atoms with Gasteiger partial charge in [-0.3, -0.25) is 4.79 Å². The second-order valence-electron chi connectivity index (χ2n) is 5.41. The molecule has 1 aromatic rings. The molecule has 0 heterocycles. The maximum atomic E-state index is 12.0. The predicted molar refractivity (Wildman–Crippen MR) is 78.0 cm³/mol. The first-order chi connectivity index (χ1) is 10.1. The molecule has 114 valence electrons. The van der Waals surface area contributed by atoms with E-state index >= 15 is 0 Å². The molecule has 0 bridgehead atoms. The number of rotatable bonds is 4. The lowest BCUT2D eigenvalue weighted by Gasteiger charge is -2.24. The SMILES string of the molecule is C[C@H](OC(=O)c1ccccc1O)C(=O)NC1CCCCC1. The van der Waals surface area contributed by atoms with E-state index in [-0.39, 0.29) is 23.3 Å². The van der Waals surface area contributed by atoms with E-state index in [1.165, 1.54) is 25.5 Å². The first-order valence-electron chi connectivity index (χ1n) is 7.37. The Hall–Kier alpha value is -2.04. The zero-order chi connectivity index (χ0) is 15.2. The third-order valence-corrected chi connectivity index (χ3v) is 3.73. The monoisotopic (exact) mass is 291 g/mol. The number of para-hydroxylation sites is 1. The van der Waals surface area contributed by atoms with Gasteiger partial charge in [0.1, 0.15) is 11.3 Å². The molecule has 1 saturated carbocycles. The van der Waals surface area contributed by atoms with Crippen molar-refractivity contribution in [1.29, 1.82) is 0 Å². The van der Waals surface area contributed by atoms with E-state index in [2.05, 4.69) is 5.32 Å². The maximum Gasteiger partial charge on any atom is 0.342 e. The number of carbonyl (C=O) groups excluding carboxylic acids is 2. The normalized spacial score (nSPS) is 17.0. The van der Waals surface area contributed by atoms with Crippen LogP contribution in [0, 0.1) is 0 Å². The number of esters is 1. The van der Waals surface area contributed by atoms with Gasteiger partial charge in [0.2, 0.25) is 0 Å². The highest BCUT2D eigenvalue weighted by Gasteiger charge is 2.23. The molecule has 0 saturated heterocycles. The zero-order valence-corrected chi connectivity index (χ0v) is 12.2. The van der Waals surface area contributed by atoms with Gasteiger partial charge in [-0.15, -0.1) is 0 Å². The summed E-state index contributed by atoms with van der Waals surface area (Å²) in [4.78, 5) is 23.9. The molecular formula is C16H21NO4. The fourth-order valence-electron chi connectivity index (χ4n) is 2.49. The van der Waals surface area contributed by atoms with Gasteiger partial charge in [0.15, 0.2) is 6.10 Å². The van der Waals surface area contributed by atoms with Gasteiger partial charge in [0, 0.05) is 6.04 Å². The highest BCUT2D eigenvalue weighted by Crippen LogP contribution is 2.19. The summed E-state index contributed by atoms with van der Waals surface area (Å²) in [7, 11) is 0. The molecule has 0 unspecified atom stereocenters. The largest absolute Gasteiger partial charge is 0.507 e. The molecule has 0 spiro atoms. The fraction of sp³-hybridized carbons (Fsp3) is 0.500. The zero-order valence-electron chi connectivity index (χ0n) is 12.2. The molecule has 1 aliphatic carbocycles. The Kier molecular flexibility index (Phi) is 5.20. The molecule has 1 fully saturated rings. The van der Waals surface area contributed by atoms with Crippen molar-refractivity contribution in [2.24, 2.45) is 0 Å². The maximum absolute atomic E-state index is 12.0. The number of nitrogens with one attached hydrogen (secondary N) is 1. The number of phenolic OH excluding ortho intramolecular Hbond substituents is 1. The smallest absolute Gasteiger partial charge is 0.342 e. The summed E-state index contributed by atoms with van der Waals surface area (Å²) in [5, 5.41) is 12.5. The summed E-state index contributed by atoms with van der Waals surface area (Å²) >= 11 is 0. The highest BCUT2D eigenvalue weighted by atomic mass is 16.5. The summed E-state index contributed by atoms with van der Waals surface area (Å²) < 4.78 is 5.11. The third-order valence-electron chi connectivity index (χ3n) is 3.73. The van der Waals surface area contributed by atoms with Gasteiger partial charge in [-0.05, 0) is 31.9 Å². The van der Waals surface area contributed by atoms with Crippen molar-refractivity contribution in [2.45, 2.75) is 51.2 Å². The molecule has 0 aliphatic heterocycles. The number of hydrogen-bond acceptors (Lipinski definition) is 4. The van der Waals surface area contributed by atoms with Gasteiger partial charge in [-0.1, -0.05) is 31.4 Å². The Morgan fingerprint density at radius 1 is 1.24 bits per heavy atom. The number of amides is 1. The van der Waals surface area contributed by atoms with Crippen LogP contribution >= 0.6 is 0 Å². The van der Waals surface area contributed by atoms with E-state index < -0.39 is 12.1 Å². The molecule has 2 N–H and O–H groups in total. The van der Waals surface area contributed by atoms with Gasteiger partial charge >= 0.3 is 5.97 Å². The Labute approximate surface area is 124 Å². The van der Waals surface area contributed by atoms with Crippen LogP contribution < -0.4 is 5.32 Å². The molecule has 1 aromatic carbocycles. The number of phenols is 1. The summed E-state index contributed by atoms with van der Waals surface area (Å²) in [6, 6.07) is 6.29. The van der Waals surface area contributed by atoms with Crippen LogP contribution in [0.1, 0.15) is 49.4 Å². The van der Waals surface area contributed by atoms with Crippen LogP contribution in [0.5, 0.6) is 5.75 Å². The van der Waals surface area contributed by atoms with Crippen LogP contribution in [0.3, 0.4) is 0 Å². The van der Waals surface area contributed by atoms with Crippen LogP contribution in [0.15, 0.2) is 24.3 Å². The topological polar surface area (TPSA) is 75.6 Å². The fourth-order valence-corrected chi connectivity index (χ4v) is 2.49. The quantitative estimate of drug-likeness (QED) is 0.835. The summed E-state index contributed by atoms with van der Waals surface area (Å²) in [5.41, 5.74) is 0.0646. The lowest BCUT2D eigenvalue weighted by molar-refractivity contribution is -0.130. The van der Waals surface area contributed by atoms with Crippen LogP contribution in [0.25, 0.3) is 0 Å². The van der Waals surface area contributed by atoms with Crippen LogP contribution in [-0.4, -0.2) is 29.1 Å². The highest BCUT2D eigenvalue weighted by molar-refractivity contribution is 5.94. The van der Waals surface area contributed by atoms with Crippen molar-refractivity contribution >= 4 is 11.9 Å². The lowest BCUT2D eigenvalue weighted by atomic mass is 9.95. The van der Waals surface area contributed by atoms with Gasteiger partial charge in [0.05, 0.1) is 0 Å². The molecule has 0 radical (unpaired) electrons. The van der Waals surface area contributed by atoms with Crippen molar-refractivity contribution in [3.8, 4) is 5.75 Å². The molecule has 1 aliphatic rings. The molecule has 1 amide bonds. The molecular weight excluding hydrogens is 270 g/mol. The average Bonchev–Trinajstić information content (AvgIpc) is 2.48. The molecule has 21 heavy (non-hydrogen) atoms. The van der Waals surface area contributed by atoms with Crippen molar-refractivity contribution in [1.82, 2.24) is 5.32 Å². The molecule has 2 rings (SSSR count). The first-order valence-corrected chi connectivity index (χ1v) is 7.37. The first kappa shape index (κ1) is 15.4. The van der Waals surface area contributed by atoms with E-state index in [1.54, 1.807) is 12.1 Å². The van der Waals surface area contributed by atoms with Crippen LogP contribution in [0.2, 0.25) is 0 Å². The molecule has 0 aromatic heterocycles. The standard InChI is InChI=1S/C16H21NO4/c1-11(15(19)17-12-7-3-2-4-8-12)21-16(20)13-9-5-6-10-14(13)18/h5-6,9-12,18H,2-4,7-8H2,1H3,(H,17,19)/t11-/m0/s1. The third kappa shape index (κ3) is 4.21. The number of hydrogen-bond donors (Lipinski definition) is 2. The van der Waals surface area contributed by atoms with E-state index in [4.69, 9.17) is 4.74 Å². The van der Waals surface area contributed by atoms with Gasteiger partial charge < -0.3 is 15.2 Å². The van der Waals surface area contributed by atoms with Crippen molar-refractivity contribution in [3.63, 3.8) is 0 Å². The van der Waals surface area contributed by atoms with Crippen molar-refractivity contribution < 1.29 is 19.4 Å². The predicted octanol–water partition coefficient (Wildman–Crippen LogP) is 2.39.